The second-order valence-corrected chi connectivity index (χ2v) is 36.3. The van der Waals surface area contributed by atoms with E-state index in [4.69, 9.17) is 0 Å². The maximum absolute atomic E-state index is 13.0. The number of aromatic amines is 1. The normalized spacial score (nSPS) is 14.0. The molecule has 4 aromatic carbocycles. The van der Waals surface area contributed by atoms with Crippen LogP contribution in [0, 0.1) is 0 Å². The van der Waals surface area contributed by atoms with Gasteiger partial charge in [0.1, 0.15) is 34.8 Å². The van der Waals surface area contributed by atoms with Crippen LogP contribution in [0.25, 0.3) is 87.3 Å². The van der Waals surface area contributed by atoms with E-state index < -0.39 is 0 Å². The number of carbonyl (C=O) groups is 5. The Morgan fingerprint density at radius 1 is 0.320 bits per heavy atom. The van der Waals surface area contributed by atoms with Crippen LogP contribution in [0.4, 0.5) is 62.6 Å². The predicted octanol–water partition coefficient (Wildman–Crippen LogP) is 12.2. The van der Waals surface area contributed by atoms with Gasteiger partial charge in [0.25, 0.3) is 29.5 Å². The largest absolute Gasteiger partial charge is 0.378 e. The highest BCUT2D eigenvalue weighted by molar-refractivity contribution is 7.22. The summed E-state index contributed by atoms with van der Waals surface area (Å²) in [4.78, 5) is 151. The molecule has 5 saturated heterocycles. The fourth-order valence-corrected chi connectivity index (χ4v) is 18.9. The fraction of sp³-hybridized carbons (Fsp3) is 0.210. The van der Waals surface area contributed by atoms with E-state index in [2.05, 4.69) is 197 Å². The lowest BCUT2D eigenvalue weighted by Gasteiger charge is -2.30. The number of benzene rings is 4. The number of amides is 5. The minimum atomic E-state index is -0.320. The van der Waals surface area contributed by atoms with Gasteiger partial charge in [-0.2, -0.15) is 5.10 Å². The van der Waals surface area contributed by atoms with Gasteiger partial charge in [0.15, 0.2) is 29.1 Å². The number of anilines is 11. The summed E-state index contributed by atoms with van der Waals surface area (Å²) in [6.45, 7) is 17.9. The molecular weight excluding hydrogens is 1900 g/mol. The standard InChI is InChI=1S/C22H25N7O.2C22H20N6OS.C21H20N8O.C18H18N8O/c1-28(2)17-5-3-16(4-6-17)21-25-10-7-18(26-21)22(30)27-19-15-24-9-8-20(19)29-13-11-23-12-14-29;29-22(27-18-13-24-7-6-19(18)28-11-9-23-10-12-28)17-5-8-25-21(26-17)16-14-30-20-4-2-1-3-15(16)20;29-22(27-17-14-24-7-6-18(17)28-11-9-23-10-12-28)16-5-8-25-21(26-16)20-13-15-3-1-2-4-19(15)30-20;30-21(27-18-13-23-5-4-19(18)29-9-7-22-8-10-29)17-3-6-24-20(26-17)14-1-2-16-15(11-14)12-25-28-16;27-18(14-1-4-23-17(24-14)13-9-21-12-22-10-13)25-15-11-20-3-2-16(15)26-7-5-19-6-8-26/h3-10,15,23H,11-14H2,1-2H3,(H,27,30);2*1-8,13-14,23H,9-12H2,(H,27,29);1-6,11-13,22H,7-10H2,(H,25,28)(H,27,30);1-4,9-12,19H,5-8H2,(H,25,27). The molecule has 19 heterocycles. The van der Waals surface area contributed by atoms with Gasteiger partial charge in [0.05, 0.1) is 110 Å². The van der Waals surface area contributed by atoms with Crippen molar-refractivity contribution < 1.29 is 24.0 Å². The van der Waals surface area contributed by atoms with E-state index in [0.29, 0.717) is 85.9 Å². The van der Waals surface area contributed by atoms with E-state index in [1.807, 2.05) is 128 Å². The van der Waals surface area contributed by atoms with Crippen molar-refractivity contribution in [1.82, 2.24) is 122 Å². The third-order valence-electron chi connectivity index (χ3n) is 24.5. The molecule has 0 atom stereocenters. The smallest absolute Gasteiger partial charge is 0.274 e. The van der Waals surface area contributed by atoms with Crippen LogP contribution in [0.5, 0.6) is 0 Å². The summed E-state index contributed by atoms with van der Waals surface area (Å²) in [6.07, 6.45) is 31.5. The van der Waals surface area contributed by atoms with Crippen molar-refractivity contribution >= 4 is 146 Å². The number of fused-ring (bicyclic) bond motifs is 3. The topological polar surface area (TPSA) is 473 Å². The number of rotatable bonds is 21. The molecule has 23 rings (SSSR count). The number of thiophene rings is 2. The number of hydrogen-bond acceptors (Lipinski definition) is 36. The Hall–Kier alpha value is -17.6. The van der Waals surface area contributed by atoms with Gasteiger partial charge in [0, 0.05) is 267 Å². The molecule has 5 amide bonds. The lowest BCUT2D eigenvalue weighted by atomic mass is 10.1. The maximum atomic E-state index is 13.0. The van der Waals surface area contributed by atoms with Crippen LogP contribution in [0.3, 0.4) is 0 Å². The summed E-state index contributed by atoms with van der Waals surface area (Å²) < 4.78 is 2.34. The van der Waals surface area contributed by atoms with Crippen molar-refractivity contribution in [3.8, 4) is 56.3 Å². The molecule has 42 heteroatoms. The fourth-order valence-electron chi connectivity index (χ4n) is 17.0. The Morgan fingerprint density at radius 3 is 1.07 bits per heavy atom. The number of nitrogens with one attached hydrogen (secondary N) is 11. The van der Waals surface area contributed by atoms with E-state index in [0.717, 1.165) is 208 Å². The number of nitrogens with zero attached hydrogens (tertiary/aromatic N) is 24. The summed E-state index contributed by atoms with van der Waals surface area (Å²) >= 11 is 3.26. The van der Waals surface area contributed by atoms with Gasteiger partial charge in [-0.05, 0) is 127 Å². The highest BCUT2D eigenvalue weighted by atomic mass is 32.1. The zero-order chi connectivity index (χ0) is 100. The summed E-state index contributed by atoms with van der Waals surface area (Å²) in [6, 6.07) is 49.7. The Bertz CT molecular complexity index is 7440. The van der Waals surface area contributed by atoms with E-state index in [-0.39, 0.29) is 35.2 Å². The highest BCUT2D eigenvalue weighted by Gasteiger charge is 2.27. The van der Waals surface area contributed by atoms with Gasteiger partial charge in [0.2, 0.25) is 0 Å². The zero-order valence-electron chi connectivity index (χ0n) is 80.3. The zero-order valence-corrected chi connectivity index (χ0v) is 81.9. The average molecular weight is 2000 g/mol. The van der Waals surface area contributed by atoms with Crippen molar-refractivity contribution in [2.75, 3.05) is 201 Å². The summed E-state index contributed by atoms with van der Waals surface area (Å²) in [5.41, 5.74) is 15.0. The van der Waals surface area contributed by atoms with Crippen molar-refractivity contribution in [2.24, 2.45) is 0 Å². The predicted molar refractivity (Wildman–Crippen MR) is 574 cm³/mol. The molecule has 14 aromatic heterocycles. The summed E-state index contributed by atoms with van der Waals surface area (Å²) in [7, 11) is 3.98. The molecule has 0 radical (unpaired) electrons. The lowest BCUT2D eigenvalue weighted by Crippen LogP contribution is -2.43. The van der Waals surface area contributed by atoms with Crippen molar-refractivity contribution in [3.63, 3.8) is 0 Å². The number of piperazine rings is 5. The van der Waals surface area contributed by atoms with E-state index in [9.17, 15) is 24.0 Å². The Kier molecular flexibility index (Phi) is 32.1. The minimum Gasteiger partial charge on any atom is -0.378 e. The summed E-state index contributed by atoms with van der Waals surface area (Å²) in [5.74, 6) is 1.05. The third kappa shape index (κ3) is 24.9. The quantitative estimate of drug-likeness (QED) is 0.0318. The maximum Gasteiger partial charge on any atom is 0.274 e. The molecule has 740 valence electrons. The van der Waals surface area contributed by atoms with Gasteiger partial charge in [-0.15, -0.1) is 22.7 Å². The average Bonchev–Trinajstić information content (AvgIpc) is 1.67. The highest BCUT2D eigenvalue weighted by Crippen LogP contribution is 2.37. The lowest BCUT2D eigenvalue weighted by molar-refractivity contribution is 0.101. The Labute approximate surface area is 852 Å². The molecular formula is C105H103N35O5S2. The SMILES string of the molecule is CN(C)c1ccc(-c2nccc(C(=O)Nc3cnccc3N3CCNCC3)n2)cc1.O=C(Nc1cnccc1N1CCNCC1)c1ccnc(-c2cc3ccccc3s2)n1.O=C(Nc1cnccc1N1CCNCC1)c1ccnc(-c2ccc3[nH]ncc3c2)n1.O=C(Nc1cnccc1N1CCNCC1)c1ccnc(-c2cncnc2)n1.O=C(Nc1cnccc1N1CCNCC1)c1ccnc(-c2csc3ccccc23)n1. The molecule has 5 fully saturated rings. The molecule has 40 nitrogen and oxygen atoms in total. The van der Waals surface area contributed by atoms with E-state index in [1.54, 1.807) is 165 Å². The first-order valence-corrected chi connectivity index (χ1v) is 49.6. The molecule has 0 aliphatic carbocycles. The number of carbonyl (C=O) groups excluding carboxylic acids is 5. The second-order valence-electron chi connectivity index (χ2n) is 34.3. The van der Waals surface area contributed by atoms with Crippen LogP contribution < -0.4 is 82.6 Å². The van der Waals surface area contributed by atoms with Crippen LogP contribution in [-0.2, 0) is 0 Å². The van der Waals surface area contributed by atoms with Crippen LogP contribution >= 0.6 is 22.7 Å². The van der Waals surface area contributed by atoms with E-state index in [1.165, 1.54) is 15.7 Å². The number of aromatic nitrogens is 19. The third-order valence-corrected chi connectivity index (χ3v) is 26.6. The van der Waals surface area contributed by atoms with Crippen molar-refractivity contribution in [3.05, 3.63) is 309 Å². The molecule has 5 aliphatic heterocycles. The first kappa shape index (κ1) is 98.2. The Balaban J connectivity index is 0.000000116. The van der Waals surface area contributed by atoms with Crippen LogP contribution in [0.2, 0.25) is 0 Å². The van der Waals surface area contributed by atoms with Gasteiger partial charge >= 0.3 is 0 Å². The second kappa shape index (κ2) is 48.0. The Morgan fingerprint density at radius 2 is 0.667 bits per heavy atom. The van der Waals surface area contributed by atoms with Crippen molar-refractivity contribution in [2.45, 2.75) is 0 Å². The van der Waals surface area contributed by atoms with Crippen LogP contribution in [0.1, 0.15) is 52.4 Å². The number of H-pyrrole nitrogens is 1. The monoisotopic (exact) mass is 2000 g/mol. The first-order valence-electron chi connectivity index (χ1n) is 47.9. The van der Waals surface area contributed by atoms with Crippen LogP contribution in [0.15, 0.2) is 281 Å². The molecule has 18 aromatic rings. The van der Waals surface area contributed by atoms with Crippen LogP contribution in [-0.4, -0.2) is 269 Å². The molecule has 0 spiro atoms. The molecule has 0 bridgehead atoms. The van der Waals surface area contributed by atoms with Gasteiger partial charge in [-0.3, -0.25) is 54.0 Å². The molecule has 147 heavy (non-hydrogen) atoms. The van der Waals surface area contributed by atoms with Gasteiger partial charge in [-0.1, -0.05) is 36.4 Å². The van der Waals surface area contributed by atoms with Crippen molar-refractivity contribution in [1.29, 1.82) is 0 Å². The van der Waals surface area contributed by atoms with E-state index >= 15 is 0 Å². The molecule has 0 saturated carbocycles. The molecule has 0 unspecified atom stereocenters. The number of hydrogen-bond donors (Lipinski definition) is 11. The van der Waals surface area contributed by atoms with Gasteiger partial charge < -0.3 is 82.6 Å². The molecule has 5 aliphatic rings. The first-order chi connectivity index (χ1) is 72.3. The molecule has 11 N–H and O–H groups in total. The minimum absolute atomic E-state index is 0.263. The summed E-state index contributed by atoms with van der Waals surface area (Å²) in [5, 5.41) is 43.7. The van der Waals surface area contributed by atoms with Gasteiger partial charge in [-0.25, -0.2) is 59.8 Å². The number of pyridine rings is 5.